The van der Waals surface area contributed by atoms with Crippen molar-refractivity contribution in [3.05, 3.63) is 71.4 Å². The minimum absolute atomic E-state index is 0.264. The molecule has 0 spiro atoms. The van der Waals surface area contributed by atoms with Crippen LogP contribution in [-0.4, -0.2) is 33.4 Å². The van der Waals surface area contributed by atoms with Crippen molar-refractivity contribution in [3.8, 4) is 16.3 Å². The first-order chi connectivity index (χ1) is 14.1. The first-order valence-electron chi connectivity index (χ1n) is 8.69. The fourth-order valence-electron chi connectivity index (χ4n) is 2.64. The Hall–Kier alpha value is -3.72. The Bertz CT molecular complexity index is 1130. The Labute approximate surface area is 169 Å². The average molecular weight is 408 g/mol. The second-order valence-corrected chi connectivity index (χ2v) is 7.04. The van der Waals surface area contributed by atoms with E-state index in [9.17, 15) is 9.59 Å². The van der Waals surface area contributed by atoms with E-state index >= 15 is 0 Å². The molecule has 3 heterocycles. The van der Waals surface area contributed by atoms with Crippen LogP contribution in [0.1, 0.15) is 16.1 Å². The Morgan fingerprint density at radius 2 is 2.03 bits per heavy atom. The number of ether oxygens (including phenoxy) is 1. The zero-order valence-corrected chi connectivity index (χ0v) is 16.2. The minimum atomic E-state index is -0.637. The fourth-order valence-corrected chi connectivity index (χ4v) is 3.37. The van der Waals surface area contributed by atoms with Gasteiger partial charge in [-0.3, -0.25) is 4.79 Å². The van der Waals surface area contributed by atoms with Crippen molar-refractivity contribution in [2.75, 3.05) is 11.9 Å². The lowest BCUT2D eigenvalue weighted by molar-refractivity contribution is -0.119. The molecule has 0 aliphatic rings. The molecule has 1 aromatic carbocycles. The van der Waals surface area contributed by atoms with Crippen LogP contribution < -0.4 is 5.32 Å². The lowest BCUT2D eigenvalue weighted by Gasteiger charge is -2.04. The summed E-state index contributed by atoms with van der Waals surface area (Å²) in [5.41, 5.74) is 1.59. The molecule has 0 radical (unpaired) electrons. The number of hydrogen-bond acceptors (Lipinski definition) is 7. The maximum Gasteiger partial charge on any atom is 0.342 e. The summed E-state index contributed by atoms with van der Waals surface area (Å²) in [7, 11) is 0. The van der Waals surface area contributed by atoms with Crippen LogP contribution in [0.3, 0.4) is 0 Å². The molecule has 4 aromatic rings. The number of carbonyl (C=O) groups is 2. The molecular weight excluding hydrogens is 392 g/mol. The predicted molar refractivity (Wildman–Crippen MR) is 107 cm³/mol. The normalized spacial score (nSPS) is 10.7. The van der Waals surface area contributed by atoms with Crippen molar-refractivity contribution >= 4 is 29.0 Å². The molecule has 0 fully saturated rings. The van der Waals surface area contributed by atoms with Crippen molar-refractivity contribution in [2.24, 2.45) is 0 Å². The molecule has 0 bridgehead atoms. The van der Waals surface area contributed by atoms with E-state index in [1.54, 1.807) is 23.9 Å². The Morgan fingerprint density at radius 1 is 1.21 bits per heavy atom. The van der Waals surface area contributed by atoms with E-state index in [1.807, 2.05) is 47.8 Å². The van der Waals surface area contributed by atoms with Crippen LogP contribution in [0, 0.1) is 6.92 Å². The van der Waals surface area contributed by atoms with Gasteiger partial charge in [0.15, 0.2) is 12.4 Å². The highest BCUT2D eigenvalue weighted by Gasteiger charge is 2.21. The Balaban J connectivity index is 1.52. The molecule has 0 aliphatic heterocycles. The SMILES string of the molecule is Cc1cc(NC(=O)COC(=O)c2cn(-c3ccccc3)nc2-c2cccs2)no1. The molecule has 1 N–H and O–H groups in total. The van der Waals surface area contributed by atoms with Crippen molar-refractivity contribution in [3.63, 3.8) is 0 Å². The molecule has 4 rings (SSSR count). The van der Waals surface area contributed by atoms with Gasteiger partial charge in [-0.25, -0.2) is 9.48 Å². The summed E-state index contributed by atoms with van der Waals surface area (Å²) in [4.78, 5) is 25.5. The van der Waals surface area contributed by atoms with Crippen LogP contribution in [0.4, 0.5) is 5.82 Å². The van der Waals surface area contributed by atoms with Gasteiger partial charge in [0.05, 0.1) is 10.6 Å². The third-order valence-electron chi connectivity index (χ3n) is 3.94. The number of carbonyl (C=O) groups excluding carboxylic acids is 2. The second-order valence-electron chi connectivity index (χ2n) is 6.10. The molecule has 0 unspecified atom stereocenters. The van der Waals surface area contributed by atoms with Crippen LogP contribution in [0.5, 0.6) is 0 Å². The fraction of sp³-hybridized carbons (Fsp3) is 0.100. The van der Waals surface area contributed by atoms with Crippen molar-refractivity contribution in [1.82, 2.24) is 14.9 Å². The summed E-state index contributed by atoms with van der Waals surface area (Å²) in [5, 5.41) is 12.6. The van der Waals surface area contributed by atoms with Gasteiger partial charge in [-0.05, 0) is 30.5 Å². The van der Waals surface area contributed by atoms with E-state index in [0.717, 1.165) is 10.6 Å². The molecule has 0 saturated carbocycles. The van der Waals surface area contributed by atoms with E-state index < -0.39 is 18.5 Å². The highest BCUT2D eigenvalue weighted by atomic mass is 32.1. The van der Waals surface area contributed by atoms with Crippen LogP contribution in [-0.2, 0) is 9.53 Å². The Kier molecular flexibility index (Phi) is 5.21. The van der Waals surface area contributed by atoms with Gasteiger partial charge in [0.2, 0.25) is 0 Å². The number of rotatable bonds is 6. The summed E-state index contributed by atoms with van der Waals surface area (Å²) in [6.45, 7) is 1.25. The lowest BCUT2D eigenvalue weighted by atomic mass is 10.2. The first kappa shape index (κ1) is 18.6. The van der Waals surface area contributed by atoms with Gasteiger partial charge < -0.3 is 14.6 Å². The van der Waals surface area contributed by atoms with E-state index in [1.165, 1.54) is 11.3 Å². The second kappa shape index (κ2) is 8.11. The van der Waals surface area contributed by atoms with Gasteiger partial charge in [0, 0.05) is 12.3 Å². The quantitative estimate of drug-likeness (QED) is 0.489. The van der Waals surface area contributed by atoms with E-state index in [2.05, 4.69) is 15.6 Å². The third-order valence-corrected chi connectivity index (χ3v) is 4.82. The smallest absolute Gasteiger partial charge is 0.342 e. The average Bonchev–Trinajstić information content (AvgIpc) is 3.47. The zero-order chi connectivity index (χ0) is 20.2. The number of thiophene rings is 1. The molecule has 1 amide bonds. The number of esters is 1. The van der Waals surface area contributed by atoms with Crippen molar-refractivity contribution in [2.45, 2.75) is 6.92 Å². The molecular formula is C20H16N4O4S. The maximum absolute atomic E-state index is 12.7. The number of para-hydroxylation sites is 1. The van der Waals surface area contributed by atoms with Crippen molar-refractivity contribution < 1.29 is 18.8 Å². The van der Waals surface area contributed by atoms with Crippen LogP contribution in [0.2, 0.25) is 0 Å². The number of nitrogens with one attached hydrogen (secondary N) is 1. The van der Waals surface area contributed by atoms with Gasteiger partial charge in [0.1, 0.15) is 17.0 Å². The summed E-state index contributed by atoms with van der Waals surface area (Å²) in [6, 6.07) is 14.8. The number of nitrogens with zero attached hydrogens (tertiary/aromatic N) is 3. The minimum Gasteiger partial charge on any atom is -0.452 e. The lowest BCUT2D eigenvalue weighted by Crippen LogP contribution is -2.21. The summed E-state index contributed by atoms with van der Waals surface area (Å²) in [5.74, 6) is -0.326. The molecule has 146 valence electrons. The topological polar surface area (TPSA) is 99.2 Å². The molecule has 0 atom stereocenters. The monoisotopic (exact) mass is 408 g/mol. The standard InChI is InChI=1S/C20H16N4O4S/c1-13-10-17(23-28-13)21-18(25)12-27-20(26)15-11-24(14-6-3-2-4-7-14)22-19(15)16-8-5-9-29-16/h2-11H,12H2,1H3,(H,21,23,25). The van der Waals surface area contributed by atoms with Gasteiger partial charge in [-0.15, -0.1) is 11.3 Å². The highest BCUT2D eigenvalue weighted by molar-refractivity contribution is 7.13. The highest BCUT2D eigenvalue weighted by Crippen LogP contribution is 2.28. The largest absolute Gasteiger partial charge is 0.452 e. The molecule has 0 aliphatic carbocycles. The number of aromatic nitrogens is 3. The van der Waals surface area contributed by atoms with E-state index in [0.29, 0.717) is 11.5 Å². The predicted octanol–water partition coefficient (Wildman–Crippen LogP) is 3.69. The molecule has 8 nitrogen and oxygen atoms in total. The third kappa shape index (κ3) is 4.25. The number of hydrogen-bond donors (Lipinski definition) is 1. The first-order valence-corrected chi connectivity index (χ1v) is 9.57. The van der Waals surface area contributed by atoms with Crippen LogP contribution >= 0.6 is 11.3 Å². The molecule has 3 aromatic heterocycles. The van der Waals surface area contributed by atoms with Gasteiger partial charge in [0.25, 0.3) is 5.91 Å². The van der Waals surface area contributed by atoms with Gasteiger partial charge in [-0.2, -0.15) is 5.10 Å². The van der Waals surface area contributed by atoms with Gasteiger partial charge >= 0.3 is 5.97 Å². The number of benzene rings is 1. The van der Waals surface area contributed by atoms with Gasteiger partial charge in [-0.1, -0.05) is 29.4 Å². The van der Waals surface area contributed by atoms with Crippen LogP contribution in [0.15, 0.2) is 64.6 Å². The molecule has 0 saturated heterocycles. The van der Waals surface area contributed by atoms with Crippen molar-refractivity contribution in [1.29, 1.82) is 0 Å². The zero-order valence-electron chi connectivity index (χ0n) is 15.4. The van der Waals surface area contributed by atoms with E-state index in [-0.39, 0.29) is 11.4 Å². The maximum atomic E-state index is 12.7. The number of anilines is 1. The molecule has 9 heteroatoms. The number of aryl methyl sites for hydroxylation is 1. The summed E-state index contributed by atoms with van der Waals surface area (Å²) >= 11 is 1.46. The molecule has 29 heavy (non-hydrogen) atoms. The van der Waals surface area contributed by atoms with Crippen LogP contribution in [0.25, 0.3) is 16.3 Å². The summed E-state index contributed by atoms with van der Waals surface area (Å²) < 4.78 is 11.7. The number of amides is 1. The Morgan fingerprint density at radius 3 is 2.72 bits per heavy atom. The van der Waals surface area contributed by atoms with E-state index in [4.69, 9.17) is 9.26 Å². The summed E-state index contributed by atoms with van der Waals surface area (Å²) in [6.07, 6.45) is 1.60.